The lowest BCUT2D eigenvalue weighted by molar-refractivity contribution is 0.0779. The Bertz CT molecular complexity index is 995. The molecule has 0 spiro atoms. The summed E-state index contributed by atoms with van der Waals surface area (Å²) in [5, 5.41) is 7.19. The van der Waals surface area contributed by atoms with E-state index in [1.54, 1.807) is 6.20 Å². The molecule has 0 saturated carbocycles. The van der Waals surface area contributed by atoms with Gasteiger partial charge in [-0.25, -0.2) is 14.4 Å². The highest BCUT2D eigenvalue weighted by Gasteiger charge is 2.29. The predicted octanol–water partition coefficient (Wildman–Crippen LogP) is 3.49. The van der Waals surface area contributed by atoms with E-state index in [-0.39, 0.29) is 18.5 Å². The van der Waals surface area contributed by atoms with E-state index in [2.05, 4.69) is 25.6 Å². The first-order valence-electron chi connectivity index (χ1n) is 9.15. The number of likely N-dealkylation sites (tertiary alicyclic amines) is 1. The highest BCUT2D eigenvalue weighted by Crippen LogP contribution is 2.32. The van der Waals surface area contributed by atoms with Crippen molar-refractivity contribution in [3.05, 3.63) is 41.9 Å². The van der Waals surface area contributed by atoms with Crippen molar-refractivity contribution in [1.82, 2.24) is 19.9 Å². The molecular formula is C19H21FN6OS. The molecule has 3 aromatic heterocycles. The molecule has 2 N–H and O–H groups in total. The Morgan fingerprint density at radius 3 is 2.93 bits per heavy atom. The molecule has 0 aromatic carbocycles. The van der Waals surface area contributed by atoms with Crippen molar-refractivity contribution in [2.24, 2.45) is 0 Å². The fraction of sp³-hybridized carbons (Fsp3) is 0.368. The van der Waals surface area contributed by atoms with E-state index in [1.165, 1.54) is 16.2 Å². The zero-order valence-corrected chi connectivity index (χ0v) is 16.5. The summed E-state index contributed by atoms with van der Waals surface area (Å²) in [7, 11) is 1.82. The van der Waals surface area contributed by atoms with Gasteiger partial charge in [0, 0.05) is 19.8 Å². The molecule has 1 aliphatic rings. The number of nitrogens with zero attached hydrogens (tertiary/aromatic N) is 4. The third-order valence-electron chi connectivity index (χ3n) is 4.72. The van der Waals surface area contributed by atoms with Crippen molar-refractivity contribution in [3.8, 4) is 0 Å². The summed E-state index contributed by atoms with van der Waals surface area (Å²) in [6.07, 6.45) is 1.12. The Kier molecular flexibility index (Phi) is 5.08. The Balaban J connectivity index is 1.70. The highest BCUT2D eigenvalue weighted by molar-refractivity contribution is 7.23. The van der Waals surface area contributed by atoms with Gasteiger partial charge >= 0.3 is 0 Å². The molecule has 28 heavy (non-hydrogen) atoms. The van der Waals surface area contributed by atoms with Crippen LogP contribution in [-0.4, -0.2) is 52.1 Å². The lowest BCUT2D eigenvalue weighted by atomic mass is 10.2. The maximum atomic E-state index is 13.6. The third-order valence-corrected chi connectivity index (χ3v) is 5.86. The molecule has 4 rings (SSSR count). The largest absolute Gasteiger partial charge is 0.380 e. The Hall–Kier alpha value is -2.81. The molecule has 4 heterocycles. The molecule has 1 amide bonds. The number of carbonyl (C=O) groups is 1. The van der Waals surface area contributed by atoms with Crippen LogP contribution in [0, 0.1) is 0 Å². The SMILES string of the molecule is CNc1cc2nc(NC(C)c3ccccn3)nc(C(=O)N3CCC(F)C3)c2s1. The maximum absolute atomic E-state index is 13.6. The summed E-state index contributed by atoms with van der Waals surface area (Å²) in [5.41, 5.74) is 1.83. The molecule has 1 aliphatic heterocycles. The van der Waals surface area contributed by atoms with E-state index in [1.807, 2.05) is 38.2 Å². The first kappa shape index (κ1) is 18.5. The Morgan fingerprint density at radius 1 is 1.39 bits per heavy atom. The van der Waals surface area contributed by atoms with Gasteiger partial charge in [0.05, 0.1) is 33.5 Å². The number of fused-ring (bicyclic) bond motifs is 1. The quantitative estimate of drug-likeness (QED) is 0.682. The van der Waals surface area contributed by atoms with Crippen LogP contribution in [0.25, 0.3) is 10.2 Å². The molecule has 2 unspecified atom stereocenters. The van der Waals surface area contributed by atoms with Gasteiger partial charge in [-0.2, -0.15) is 0 Å². The smallest absolute Gasteiger partial charge is 0.274 e. The number of halogens is 1. The van der Waals surface area contributed by atoms with Gasteiger partial charge in [-0.15, -0.1) is 11.3 Å². The topological polar surface area (TPSA) is 83.0 Å². The summed E-state index contributed by atoms with van der Waals surface area (Å²) >= 11 is 1.42. The molecular weight excluding hydrogens is 379 g/mol. The molecule has 1 saturated heterocycles. The third kappa shape index (κ3) is 3.62. The standard InChI is InChI=1S/C19H21FN6OS/c1-11(13-5-3-4-7-22-13)23-19-24-14-9-15(21-2)28-17(14)16(25-19)18(27)26-8-6-12(20)10-26/h3-5,7,9,11-12,21H,6,8,10H2,1-2H3,(H,23,24,25). The second kappa shape index (κ2) is 7.67. The minimum Gasteiger partial charge on any atom is -0.380 e. The summed E-state index contributed by atoms with van der Waals surface area (Å²) in [6, 6.07) is 7.44. The fourth-order valence-electron chi connectivity index (χ4n) is 3.21. The average Bonchev–Trinajstić information content (AvgIpc) is 3.33. The van der Waals surface area contributed by atoms with Crippen LogP contribution in [0.5, 0.6) is 0 Å². The fourth-order valence-corrected chi connectivity index (χ4v) is 4.15. The number of carbonyl (C=O) groups excluding carboxylic acids is 1. The molecule has 3 aromatic rings. The van der Waals surface area contributed by atoms with Crippen LogP contribution in [0.15, 0.2) is 30.5 Å². The lowest BCUT2D eigenvalue weighted by Crippen LogP contribution is -2.30. The number of hydrogen-bond acceptors (Lipinski definition) is 7. The predicted molar refractivity (Wildman–Crippen MR) is 109 cm³/mol. The first-order chi connectivity index (χ1) is 13.5. The molecule has 9 heteroatoms. The normalized spacial score (nSPS) is 17.7. The highest BCUT2D eigenvalue weighted by atomic mass is 32.1. The van der Waals surface area contributed by atoms with Crippen molar-refractivity contribution in [2.45, 2.75) is 25.6 Å². The minimum absolute atomic E-state index is 0.113. The van der Waals surface area contributed by atoms with Gasteiger partial charge in [-0.1, -0.05) is 6.07 Å². The van der Waals surface area contributed by atoms with Gasteiger partial charge in [0.1, 0.15) is 6.17 Å². The van der Waals surface area contributed by atoms with Gasteiger partial charge in [0.15, 0.2) is 5.69 Å². The van der Waals surface area contributed by atoms with Gasteiger partial charge in [-0.05, 0) is 31.5 Å². The van der Waals surface area contributed by atoms with E-state index >= 15 is 0 Å². The monoisotopic (exact) mass is 400 g/mol. The lowest BCUT2D eigenvalue weighted by Gasteiger charge is -2.17. The van der Waals surface area contributed by atoms with E-state index < -0.39 is 6.17 Å². The van der Waals surface area contributed by atoms with Gasteiger partial charge < -0.3 is 15.5 Å². The second-order valence-corrected chi connectivity index (χ2v) is 7.78. The number of nitrogens with one attached hydrogen (secondary N) is 2. The van der Waals surface area contributed by atoms with Crippen molar-refractivity contribution < 1.29 is 9.18 Å². The summed E-state index contributed by atoms with van der Waals surface area (Å²) in [5.74, 6) is 0.0936. The second-order valence-electron chi connectivity index (χ2n) is 6.73. The van der Waals surface area contributed by atoms with Gasteiger partial charge in [-0.3, -0.25) is 9.78 Å². The zero-order chi connectivity index (χ0) is 19.7. The number of alkyl halides is 1. The van der Waals surface area contributed by atoms with Crippen molar-refractivity contribution in [3.63, 3.8) is 0 Å². The number of anilines is 2. The Morgan fingerprint density at radius 2 is 2.25 bits per heavy atom. The molecule has 1 fully saturated rings. The number of thiophene rings is 1. The van der Waals surface area contributed by atoms with Crippen LogP contribution < -0.4 is 10.6 Å². The molecule has 0 radical (unpaired) electrons. The van der Waals surface area contributed by atoms with Gasteiger partial charge in [0.2, 0.25) is 5.95 Å². The zero-order valence-electron chi connectivity index (χ0n) is 15.6. The molecule has 146 valence electrons. The summed E-state index contributed by atoms with van der Waals surface area (Å²) in [6.45, 7) is 2.47. The van der Waals surface area contributed by atoms with E-state index in [9.17, 15) is 9.18 Å². The number of hydrogen-bond donors (Lipinski definition) is 2. The number of amides is 1. The number of rotatable bonds is 5. The first-order valence-corrected chi connectivity index (χ1v) is 9.97. The van der Waals surface area contributed by atoms with Crippen molar-refractivity contribution in [2.75, 3.05) is 30.8 Å². The molecule has 0 aliphatic carbocycles. The van der Waals surface area contributed by atoms with Crippen molar-refractivity contribution in [1.29, 1.82) is 0 Å². The van der Waals surface area contributed by atoms with Gasteiger partial charge in [0.25, 0.3) is 5.91 Å². The van der Waals surface area contributed by atoms with Crippen LogP contribution in [0.4, 0.5) is 15.3 Å². The number of pyridine rings is 1. The minimum atomic E-state index is -0.973. The van der Waals surface area contributed by atoms with Crippen molar-refractivity contribution >= 4 is 38.4 Å². The van der Waals surface area contributed by atoms with E-state index in [0.29, 0.717) is 34.8 Å². The molecule has 0 bridgehead atoms. The van der Waals surface area contributed by atoms with Crippen LogP contribution >= 0.6 is 11.3 Å². The maximum Gasteiger partial charge on any atom is 0.274 e. The number of aromatic nitrogens is 3. The van der Waals surface area contributed by atoms with Crippen LogP contribution in [0.3, 0.4) is 0 Å². The van der Waals surface area contributed by atoms with Crippen LogP contribution in [-0.2, 0) is 0 Å². The molecule has 7 nitrogen and oxygen atoms in total. The molecule has 2 atom stereocenters. The van der Waals surface area contributed by atoms with E-state index in [4.69, 9.17) is 0 Å². The van der Waals surface area contributed by atoms with Crippen LogP contribution in [0.2, 0.25) is 0 Å². The Labute approximate surface area is 166 Å². The average molecular weight is 400 g/mol. The summed E-state index contributed by atoms with van der Waals surface area (Å²) < 4.78 is 14.3. The summed E-state index contributed by atoms with van der Waals surface area (Å²) in [4.78, 5) is 28.0. The van der Waals surface area contributed by atoms with Crippen LogP contribution in [0.1, 0.15) is 35.6 Å². The van der Waals surface area contributed by atoms with E-state index in [0.717, 1.165) is 10.7 Å².